The third-order valence-electron chi connectivity index (χ3n) is 3.77. The minimum Gasteiger partial charge on any atom is -0.480 e. The van der Waals surface area contributed by atoms with Gasteiger partial charge in [0.1, 0.15) is 6.04 Å². The molecule has 1 N–H and O–H groups in total. The van der Waals surface area contributed by atoms with Crippen molar-refractivity contribution in [2.75, 3.05) is 7.05 Å². The van der Waals surface area contributed by atoms with Crippen molar-refractivity contribution in [3.8, 4) is 0 Å². The Morgan fingerprint density at radius 2 is 1.81 bits per heavy atom. The normalized spacial score (nSPS) is 12.1. The number of benzene rings is 2. The lowest BCUT2D eigenvalue weighted by Gasteiger charge is -2.21. The summed E-state index contributed by atoms with van der Waals surface area (Å²) in [4.78, 5) is 24.1. The zero-order valence-corrected chi connectivity index (χ0v) is 12.2. The van der Waals surface area contributed by atoms with Crippen molar-refractivity contribution < 1.29 is 14.7 Å². The van der Waals surface area contributed by atoms with E-state index in [0.717, 1.165) is 10.9 Å². The van der Waals surface area contributed by atoms with Gasteiger partial charge in [-0.3, -0.25) is 4.79 Å². The van der Waals surface area contributed by atoms with E-state index in [1.807, 2.05) is 36.4 Å². The number of aryl methyl sites for hydroxylation is 1. The van der Waals surface area contributed by atoms with Crippen LogP contribution >= 0.6 is 0 Å². The molecule has 21 heavy (non-hydrogen) atoms. The van der Waals surface area contributed by atoms with Crippen molar-refractivity contribution in [3.05, 3.63) is 48.0 Å². The summed E-state index contributed by atoms with van der Waals surface area (Å²) in [5, 5.41) is 11.2. The fraction of sp³-hybridized carbons (Fsp3) is 0.294. The summed E-state index contributed by atoms with van der Waals surface area (Å²) in [5.41, 5.74) is 1.08. The Morgan fingerprint density at radius 3 is 2.48 bits per heavy atom. The van der Waals surface area contributed by atoms with Crippen LogP contribution in [0, 0.1) is 0 Å². The fourth-order valence-electron chi connectivity index (χ4n) is 2.20. The number of fused-ring (bicyclic) bond motifs is 1. The summed E-state index contributed by atoms with van der Waals surface area (Å²) in [6, 6.07) is 13.4. The van der Waals surface area contributed by atoms with Crippen molar-refractivity contribution in [1.82, 2.24) is 4.90 Å². The molecule has 2 rings (SSSR count). The maximum Gasteiger partial charge on any atom is 0.326 e. The largest absolute Gasteiger partial charge is 0.480 e. The molecule has 1 unspecified atom stereocenters. The first-order valence-electron chi connectivity index (χ1n) is 6.95. The van der Waals surface area contributed by atoms with Crippen LogP contribution < -0.4 is 0 Å². The summed E-state index contributed by atoms with van der Waals surface area (Å²) in [6.07, 6.45) is 0.923. The monoisotopic (exact) mass is 285 g/mol. The van der Waals surface area contributed by atoms with Gasteiger partial charge in [-0.15, -0.1) is 0 Å². The molecule has 0 saturated carbocycles. The SMILES string of the molecule is CC(C(=O)O)N(C)C(=O)CCc1ccc2ccccc2c1. The topological polar surface area (TPSA) is 57.6 Å². The zero-order chi connectivity index (χ0) is 15.4. The molecule has 0 aliphatic rings. The van der Waals surface area contributed by atoms with Crippen LogP contribution in [0.5, 0.6) is 0 Å². The first-order chi connectivity index (χ1) is 9.99. The van der Waals surface area contributed by atoms with E-state index in [4.69, 9.17) is 5.11 Å². The Balaban J connectivity index is 2.01. The number of carbonyl (C=O) groups is 2. The first kappa shape index (κ1) is 15.0. The van der Waals surface area contributed by atoms with Gasteiger partial charge in [-0.1, -0.05) is 42.5 Å². The van der Waals surface area contributed by atoms with Crippen LogP contribution in [-0.4, -0.2) is 35.0 Å². The van der Waals surface area contributed by atoms with Gasteiger partial charge in [-0.2, -0.15) is 0 Å². The van der Waals surface area contributed by atoms with Crippen molar-refractivity contribution in [2.24, 2.45) is 0 Å². The predicted molar refractivity (Wildman–Crippen MR) is 82.1 cm³/mol. The Hall–Kier alpha value is -2.36. The molecule has 110 valence electrons. The van der Waals surface area contributed by atoms with Gasteiger partial charge in [-0.05, 0) is 29.7 Å². The van der Waals surface area contributed by atoms with Gasteiger partial charge >= 0.3 is 5.97 Å². The molecular weight excluding hydrogens is 266 g/mol. The highest BCUT2D eigenvalue weighted by Crippen LogP contribution is 2.17. The number of carboxylic acid groups (broad SMARTS) is 1. The number of rotatable bonds is 5. The van der Waals surface area contributed by atoms with E-state index >= 15 is 0 Å². The molecule has 0 saturated heterocycles. The molecule has 0 heterocycles. The second-order valence-electron chi connectivity index (χ2n) is 5.20. The van der Waals surface area contributed by atoms with Crippen molar-refractivity contribution in [2.45, 2.75) is 25.8 Å². The van der Waals surface area contributed by atoms with Crippen LogP contribution in [0.2, 0.25) is 0 Å². The lowest BCUT2D eigenvalue weighted by atomic mass is 10.0. The molecule has 0 aliphatic carbocycles. The molecule has 2 aromatic carbocycles. The van der Waals surface area contributed by atoms with Gasteiger partial charge in [0.2, 0.25) is 5.91 Å². The summed E-state index contributed by atoms with van der Waals surface area (Å²) >= 11 is 0. The minimum atomic E-state index is -0.989. The number of hydrogen-bond donors (Lipinski definition) is 1. The van der Waals surface area contributed by atoms with Gasteiger partial charge in [0.05, 0.1) is 0 Å². The van der Waals surface area contributed by atoms with Crippen LogP contribution in [0.3, 0.4) is 0 Å². The Bertz CT molecular complexity index is 666. The van der Waals surface area contributed by atoms with Gasteiger partial charge in [0.15, 0.2) is 0 Å². The molecule has 0 fully saturated rings. The summed E-state index contributed by atoms with van der Waals surface area (Å²) in [6.45, 7) is 1.51. The van der Waals surface area contributed by atoms with Gasteiger partial charge in [0, 0.05) is 13.5 Å². The van der Waals surface area contributed by atoms with E-state index < -0.39 is 12.0 Å². The van der Waals surface area contributed by atoms with Crippen LogP contribution in [0.1, 0.15) is 18.9 Å². The second kappa shape index (κ2) is 6.39. The number of carbonyl (C=O) groups excluding carboxylic acids is 1. The van der Waals surface area contributed by atoms with Crippen molar-refractivity contribution >= 4 is 22.6 Å². The average Bonchev–Trinajstić information content (AvgIpc) is 2.50. The molecule has 1 amide bonds. The van der Waals surface area contributed by atoms with Gasteiger partial charge in [-0.25, -0.2) is 4.79 Å². The summed E-state index contributed by atoms with van der Waals surface area (Å²) in [7, 11) is 1.53. The van der Waals surface area contributed by atoms with E-state index in [1.54, 1.807) is 0 Å². The zero-order valence-electron chi connectivity index (χ0n) is 12.2. The molecule has 0 bridgehead atoms. The average molecular weight is 285 g/mol. The highest BCUT2D eigenvalue weighted by Gasteiger charge is 2.21. The second-order valence-corrected chi connectivity index (χ2v) is 5.20. The quantitative estimate of drug-likeness (QED) is 0.919. The Morgan fingerprint density at radius 1 is 1.14 bits per heavy atom. The molecule has 2 aromatic rings. The smallest absolute Gasteiger partial charge is 0.326 e. The summed E-state index contributed by atoms with van der Waals surface area (Å²) in [5.74, 6) is -1.14. The maximum absolute atomic E-state index is 12.0. The van der Waals surface area contributed by atoms with E-state index in [1.165, 1.54) is 24.3 Å². The van der Waals surface area contributed by atoms with Gasteiger partial charge in [0.25, 0.3) is 0 Å². The number of hydrogen-bond acceptors (Lipinski definition) is 2. The Kier molecular flexibility index (Phi) is 4.58. The lowest BCUT2D eigenvalue weighted by Crippen LogP contribution is -2.40. The van der Waals surface area contributed by atoms with Gasteiger partial charge < -0.3 is 10.0 Å². The lowest BCUT2D eigenvalue weighted by molar-refractivity contribution is -0.148. The molecule has 4 nitrogen and oxygen atoms in total. The van der Waals surface area contributed by atoms with E-state index in [0.29, 0.717) is 12.8 Å². The number of aliphatic carboxylic acids is 1. The third-order valence-corrected chi connectivity index (χ3v) is 3.77. The maximum atomic E-state index is 12.0. The van der Waals surface area contributed by atoms with E-state index in [2.05, 4.69) is 6.07 Å². The first-order valence-corrected chi connectivity index (χ1v) is 6.95. The molecule has 0 spiro atoms. The standard InChI is InChI=1S/C17H19NO3/c1-12(17(20)21)18(2)16(19)10-8-13-7-9-14-5-3-4-6-15(14)11-13/h3-7,9,11-12H,8,10H2,1-2H3,(H,20,21). The third kappa shape index (κ3) is 3.60. The number of nitrogens with zero attached hydrogens (tertiary/aromatic N) is 1. The van der Waals surface area contributed by atoms with Crippen LogP contribution in [-0.2, 0) is 16.0 Å². The molecule has 0 aliphatic heterocycles. The van der Waals surface area contributed by atoms with Crippen LogP contribution in [0.15, 0.2) is 42.5 Å². The molecular formula is C17H19NO3. The Labute approximate surface area is 124 Å². The number of carboxylic acids is 1. The highest BCUT2D eigenvalue weighted by molar-refractivity contribution is 5.84. The highest BCUT2D eigenvalue weighted by atomic mass is 16.4. The number of likely N-dealkylation sites (N-methyl/N-ethyl adjacent to an activating group) is 1. The van der Waals surface area contributed by atoms with Crippen molar-refractivity contribution in [3.63, 3.8) is 0 Å². The molecule has 0 radical (unpaired) electrons. The molecule has 4 heteroatoms. The van der Waals surface area contributed by atoms with Crippen LogP contribution in [0.4, 0.5) is 0 Å². The fourth-order valence-corrected chi connectivity index (χ4v) is 2.20. The summed E-state index contributed by atoms with van der Waals surface area (Å²) < 4.78 is 0. The van der Waals surface area contributed by atoms with Crippen molar-refractivity contribution in [1.29, 1.82) is 0 Å². The number of amides is 1. The predicted octanol–water partition coefficient (Wildman–Crippen LogP) is 2.70. The molecule has 0 aromatic heterocycles. The molecule has 1 atom stereocenters. The van der Waals surface area contributed by atoms with E-state index in [9.17, 15) is 9.59 Å². The minimum absolute atomic E-state index is 0.155. The van der Waals surface area contributed by atoms with E-state index in [-0.39, 0.29) is 5.91 Å². The van der Waals surface area contributed by atoms with Crippen LogP contribution in [0.25, 0.3) is 10.8 Å².